The lowest BCUT2D eigenvalue weighted by atomic mass is 10.1. The molecule has 1 aliphatic heterocycles. The quantitative estimate of drug-likeness (QED) is 0.808. The Kier molecular flexibility index (Phi) is 4.75. The molecule has 0 radical (unpaired) electrons. The SMILES string of the molecule is CCN1CCC(N(C2CC2)S(=O)(=O)c2ccc(C)c3ncccc23)CC1. The van der Waals surface area contributed by atoms with Crippen LogP contribution in [0, 0.1) is 6.92 Å². The second-order valence-corrected chi connectivity index (χ2v) is 9.32. The molecule has 140 valence electrons. The molecular formula is C20H27N3O2S. The molecule has 0 N–H and O–H groups in total. The van der Waals surface area contributed by atoms with Crippen molar-refractivity contribution in [3.05, 3.63) is 36.0 Å². The van der Waals surface area contributed by atoms with Gasteiger partial charge in [0.25, 0.3) is 0 Å². The maximum absolute atomic E-state index is 13.7. The van der Waals surface area contributed by atoms with E-state index in [0.717, 1.165) is 61.8 Å². The average Bonchev–Trinajstić information content (AvgIpc) is 3.47. The molecule has 5 nitrogen and oxygen atoms in total. The second kappa shape index (κ2) is 6.91. The van der Waals surface area contributed by atoms with Crippen molar-refractivity contribution >= 4 is 20.9 Å². The lowest BCUT2D eigenvalue weighted by molar-refractivity contribution is 0.161. The first kappa shape index (κ1) is 17.9. The number of rotatable bonds is 5. The molecule has 1 aromatic carbocycles. The molecule has 0 amide bonds. The van der Waals surface area contributed by atoms with Gasteiger partial charge in [-0.05, 0) is 76.0 Å². The molecule has 2 heterocycles. The van der Waals surface area contributed by atoms with Crippen LogP contribution in [0.4, 0.5) is 0 Å². The summed E-state index contributed by atoms with van der Waals surface area (Å²) in [7, 11) is -3.53. The normalized spacial score (nSPS) is 20.1. The zero-order valence-electron chi connectivity index (χ0n) is 15.6. The highest BCUT2D eigenvalue weighted by molar-refractivity contribution is 7.89. The van der Waals surface area contributed by atoms with E-state index in [-0.39, 0.29) is 12.1 Å². The van der Waals surface area contributed by atoms with Crippen molar-refractivity contribution in [3.63, 3.8) is 0 Å². The van der Waals surface area contributed by atoms with Gasteiger partial charge in [-0.2, -0.15) is 4.31 Å². The number of nitrogens with zero attached hydrogens (tertiary/aromatic N) is 3. The maximum atomic E-state index is 13.7. The number of piperidine rings is 1. The maximum Gasteiger partial charge on any atom is 0.244 e. The van der Waals surface area contributed by atoms with Gasteiger partial charge in [-0.25, -0.2) is 8.42 Å². The van der Waals surface area contributed by atoms with E-state index in [1.54, 1.807) is 12.3 Å². The molecule has 2 fully saturated rings. The van der Waals surface area contributed by atoms with Gasteiger partial charge in [0.05, 0.1) is 10.4 Å². The van der Waals surface area contributed by atoms with Gasteiger partial charge in [0.15, 0.2) is 0 Å². The number of hydrogen-bond donors (Lipinski definition) is 0. The molecule has 26 heavy (non-hydrogen) atoms. The summed E-state index contributed by atoms with van der Waals surface area (Å²) >= 11 is 0. The molecule has 0 unspecified atom stereocenters. The Labute approximate surface area is 156 Å². The molecule has 6 heteroatoms. The van der Waals surface area contributed by atoms with Gasteiger partial charge in [-0.15, -0.1) is 0 Å². The number of benzene rings is 1. The Bertz CT molecular complexity index is 900. The summed E-state index contributed by atoms with van der Waals surface area (Å²) in [6.07, 6.45) is 5.53. The van der Waals surface area contributed by atoms with Crippen LogP contribution in [0.5, 0.6) is 0 Å². The third-order valence-electron chi connectivity index (χ3n) is 5.76. The molecule has 0 atom stereocenters. The van der Waals surface area contributed by atoms with Crippen LogP contribution in [0.15, 0.2) is 35.4 Å². The van der Waals surface area contributed by atoms with E-state index in [1.807, 2.05) is 29.4 Å². The monoisotopic (exact) mass is 373 g/mol. The van der Waals surface area contributed by atoms with Crippen LogP contribution in [0.1, 0.15) is 38.2 Å². The molecule has 1 aromatic heterocycles. The standard InChI is InChI=1S/C20H27N3O2S/c1-3-22-13-10-17(11-14-22)23(16-7-8-16)26(24,25)19-9-6-15(2)20-18(19)5-4-12-21-20/h4-6,9,12,16-17H,3,7-8,10-11,13-14H2,1-2H3. The molecule has 1 saturated heterocycles. The first-order valence-corrected chi connectivity index (χ1v) is 11.1. The molecule has 0 bridgehead atoms. The van der Waals surface area contributed by atoms with Gasteiger partial charge in [0, 0.05) is 23.7 Å². The van der Waals surface area contributed by atoms with Crippen molar-refractivity contribution in [2.24, 2.45) is 0 Å². The van der Waals surface area contributed by atoms with Gasteiger partial charge >= 0.3 is 0 Å². The Morgan fingerprint density at radius 1 is 1.12 bits per heavy atom. The highest BCUT2D eigenvalue weighted by Gasteiger charge is 2.43. The fourth-order valence-electron chi connectivity index (χ4n) is 4.14. The third kappa shape index (κ3) is 3.15. The van der Waals surface area contributed by atoms with E-state index in [0.29, 0.717) is 4.90 Å². The second-order valence-electron chi connectivity index (χ2n) is 7.51. The van der Waals surface area contributed by atoms with Gasteiger partial charge < -0.3 is 4.90 Å². The number of hydrogen-bond acceptors (Lipinski definition) is 4. The zero-order valence-corrected chi connectivity index (χ0v) is 16.4. The summed E-state index contributed by atoms with van der Waals surface area (Å²) in [6.45, 7) is 7.15. The Hall–Kier alpha value is -1.50. The lowest BCUT2D eigenvalue weighted by Crippen LogP contribution is -2.48. The van der Waals surface area contributed by atoms with Crippen molar-refractivity contribution in [3.8, 4) is 0 Å². The van der Waals surface area contributed by atoms with E-state index in [9.17, 15) is 8.42 Å². The fourth-order valence-corrected chi connectivity index (χ4v) is 6.25. The zero-order chi connectivity index (χ0) is 18.3. The van der Waals surface area contributed by atoms with E-state index >= 15 is 0 Å². The largest absolute Gasteiger partial charge is 0.303 e. The summed E-state index contributed by atoms with van der Waals surface area (Å²) in [4.78, 5) is 7.23. The van der Waals surface area contributed by atoms with Gasteiger partial charge in [0.1, 0.15) is 0 Å². The van der Waals surface area contributed by atoms with Crippen LogP contribution in [-0.2, 0) is 10.0 Å². The first-order chi connectivity index (χ1) is 12.5. The van der Waals surface area contributed by atoms with Crippen LogP contribution >= 0.6 is 0 Å². The molecule has 0 spiro atoms. The van der Waals surface area contributed by atoms with Crippen LogP contribution < -0.4 is 0 Å². The Morgan fingerprint density at radius 2 is 1.81 bits per heavy atom. The molecule has 1 saturated carbocycles. The molecular weight excluding hydrogens is 346 g/mol. The third-order valence-corrected chi connectivity index (χ3v) is 7.82. The smallest absolute Gasteiger partial charge is 0.244 e. The number of aryl methyl sites for hydroxylation is 1. The molecule has 2 aliphatic rings. The van der Waals surface area contributed by atoms with E-state index in [2.05, 4.69) is 16.8 Å². The average molecular weight is 374 g/mol. The van der Waals surface area contributed by atoms with Crippen molar-refractivity contribution in [2.75, 3.05) is 19.6 Å². The van der Waals surface area contributed by atoms with Crippen molar-refractivity contribution in [2.45, 2.75) is 56.5 Å². The predicted octanol–water partition coefficient (Wildman–Crippen LogP) is 3.18. The Morgan fingerprint density at radius 3 is 2.46 bits per heavy atom. The fraction of sp³-hybridized carbons (Fsp3) is 0.550. The highest BCUT2D eigenvalue weighted by Crippen LogP contribution is 2.38. The van der Waals surface area contributed by atoms with Crippen LogP contribution in [0.25, 0.3) is 10.9 Å². The number of pyridine rings is 1. The predicted molar refractivity (Wildman–Crippen MR) is 104 cm³/mol. The van der Waals surface area contributed by atoms with E-state index in [4.69, 9.17) is 0 Å². The van der Waals surface area contributed by atoms with Gasteiger partial charge in [-0.3, -0.25) is 4.98 Å². The lowest BCUT2D eigenvalue weighted by Gasteiger charge is -2.37. The summed E-state index contributed by atoms with van der Waals surface area (Å²) in [5, 5.41) is 0.740. The first-order valence-electron chi connectivity index (χ1n) is 9.62. The number of sulfonamides is 1. The van der Waals surface area contributed by atoms with E-state index in [1.165, 1.54) is 0 Å². The summed E-state index contributed by atoms with van der Waals surface area (Å²) in [6, 6.07) is 7.64. The van der Waals surface area contributed by atoms with Crippen LogP contribution in [-0.4, -0.2) is 54.3 Å². The van der Waals surface area contributed by atoms with Crippen molar-refractivity contribution in [1.82, 2.24) is 14.2 Å². The topological polar surface area (TPSA) is 53.5 Å². The molecule has 1 aliphatic carbocycles. The summed E-state index contributed by atoms with van der Waals surface area (Å²) in [5.74, 6) is 0. The van der Waals surface area contributed by atoms with Crippen molar-refractivity contribution < 1.29 is 8.42 Å². The summed E-state index contributed by atoms with van der Waals surface area (Å²) in [5.41, 5.74) is 1.79. The minimum Gasteiger partial charge on any atom is -0.303 e. The van der Waals surface area contributed by atoms with Crippen molar-refractivity contribution in [1.29, 1.82) is 0 Å². The van der Waals surface area contributed by atoms with Crippen LogP contribution in [0.2, 0.25) is 0 Å². The number of likely N-dealkylation sites (tertiary alicyclic amines) is 1. The van der Waals surface area contributed by atoms with Crippen LogP contribution in [0.3, 0.4) is 0 Å². The van der Waals surface area contributed by atoms with Gasteiger partial charge in [-0.1, -0.05) is 13.0 Å². The highest BCUT2D eigenvalue weighted by atomic mass is 32.2. The van der Waals surface area contributed by atoms with Gasteiger partial charge in [0.2, 0.25) is 10.0 Å². The molecule has 4 rings (SSSR count). The number of aromatic nitrogens is 1. The number of fused-ring (bicyclic) bond motifs is 1. The Balaban J connectivity index is 1.74. The summed E-state index contributed by atoms with van der Waals surface area (Å²) < 4.78 is 29.2. The minimum atomic E-state index is -3.53. The van der Waals surface area contributed by atoms with E-state index < -0.39 is 10.0 Å². The minimum absolute atomic E-state index is 0.114. The molecule has 2 aromatic rings.